The predicted octanol–water partition coefficient (Wildman–Crippen LogP) is 13.1. The van der Waals surface area contributed by atoms with Crippen molar-refractivity contribution in [1.82, 2.24) is 19.6 Å². The molecule has 0 aromatic carbocycles. The second-order valence-electron chi connectivity index (χ2n) is 26.5. The van der Waals surface area contributed by atoms with Crippen molar-refractivity contribution in [3.05, 3.63) is 24.7 Å². The number of nitrogens with zero attached hydrogens (tertiary/aromatic N) is 4. The van der Waals surface area contributed by atoms with Crippen LogP contribution in [-0.2, 0) is 23.7 Å². The standard InChI is InChI=1S/C9H17N.C8H15NO.C8H17NO.C8H17N.2C8H16O.C7H14O/c1-8-6-5-7-10(8)9(2,3)4;1-7-9(5-6-10-7)8(2,3)4;1-8(2,3)9-4-6-10-7-5-9;1-8(2,3)9-6-4-5-7-9;1-8(2,3)7-4-5-9-6-7;1-8(2,3)7-5-4-6-9-7;1-7(2,3)6-4-5-8-6/h1,5-7H2,2-4H3;1,5-6H2,2-4H3;4-7H2,1-3H3;4-7H2,1-3H3;2*7H,4-6H2,1-3H3;6H,4-5H2,1-3H3/t;;;;2*7-;/m....10./s1. The molecule has 0 spiro atoms. The Kier molecular flexibility index (Phi) is 25.7. The summed E-state index contributed by atoms with van der Waals surface area (Å²) in [5.74, 6) is 1.60. The van der Waals surface area contributed by atoms with E-state index in [1.54, 1.807) is 0 Å². The van der Waals surface area contributed by atoms with E-state index in [1.165, 1.54) is 76.7 Å². The Bertz CT molecular complexity index is 1190. The Balaban J connectivity index is 0.000000380. The van der Waals surface area contributed by atoms with Crippen molar-refractivity contribution in [2.45, 2.75) is 231 Å². The largest absolute Gasteiger partial charge is 0.478 e. The molecule has 0 amide bonds. The van der Waals surface area contributed by atoms with Gasteiger partial charge in [-0.1, -0.05) is 68.9 Å². The second kappa shape index (κ2) is 27.1. The first kappa shape index (κ1) is 61.7. The van der Waals surface area contributed by atoms with Crippen molar-refractivity contribution < 1.29 is 23.7 Å². The summed E-state index contributed by atoms with van der Waals surface area (Å²) < 4.78 is 26.6. The Morgan fingerprint density at radius 1 is 0.415 bits per heavy atom. The summed E-state index contributed by atoms with van der Waals surface area (Å²) in [6.45, 7) is 68.3. The van der Waals surface area contributed by atoms with Crippen LogP contribution in [0.4, 0.5) is 0 Å². The van der Waals surface area contributed by atoms with Crippen LogP contribution in [0.3, 0.4) is 0 Å². The van der Waals surface area contributed by atoms with Crippen molar-refractivity contribution in [2.24, 2.45) is 22.2 Å². The number of hydrogen-bond donors (Lipinski definition) is 0. The van der Waals surface area contributed by atoms with E-state index in [9.17, 15) is 0 Å². The van der Waals surface area contributed by atoms with Crippen LogP contribution in [0, 0.1) is 22.2 Å². The lowest BCUT2D eigenvalue weighted by atomic mass is 9.80. The van der Waals surface area contributed by atoms with Crippen LogP contribution in [0.15, 0.2) is 24.7 Å². The fourth-order valence-electron chi connectivity index (χ4n) is 8.73. The zero-order chi connectivity index (χ0) is 50.1. The van der Waals surface area contributed by atoms with Gasteiger partial charge in [-0.2, -0.15) is 0 Å². The molecule has 0 aromatic rings. The van der Waals surface area contributed by atoms with Crippen LogP contribution in [0.25, 0.3) is 0 Å². The highest BCUT2D eigenvalue weighted by molar-refractivity contribution is 5.04. The minimum Gasteiger partial charge on any atom is -0.478 e. The van der Waals surface area contributed by atoms with Crippen LogP contribution in [0.2, 0.25) is 0 Å². The lowest BCUT2D eigenvalue weighted by Crippen LogP contribution is -2.47. The number of ether oxygens (including phenoxy) is 5. The second-order valence-corrected chi connectivity index (χ2v) is 26.5. The average molecular weight is 922 g/mol. The van der Waals surface area contributed by atoms with Crippen molar-refractivity contribution in [1.29, 1.82) is 0 Å². The topological polar surface area (TPSA) is 59.1 Å². The molecule has 7 saturated heterocycles. The van der Waals surface area contributed by atoms with Crippen molar-refractivity contribution >= 4 is 0 Å². The Morgan fingerprint density at radius 2 is 0.892 bits per heavy atom. The van der Waals surface area contributed by atoms with Gasteiger partial charge in [0, 0.05) is 73.9 Å². The van der Waals surface area contributed by atoms with Gasteiger partial charge in [-0.3, -0.25) is 9.80 Å². The fraction of sp³-hybridized carbons (Fsp3) is 0.929. The minimum atomic E-state index is 0.160. The van der Waals surface area contributed by atoms with Crippen LogP contribution in [0.5, 0.6) is 0 Å². The van der Waals surface area contributed by atoms with Crippen molar-refractivity contribution in [3.63, 3.8) is 0 Å². The van der Waals surface area contributed by atoms with E-state index in [2.05, 4.69) is 178 Å². The van der Waals surface area contributed by atoms with Crippen LogP contribution >= 0.6 is 0 Å². The van der Waals surface area contributed by atoms with Gasteiger partial charge in [0.1, 0.15) is 6.61 Å². The highest BCUT2D eigenvalue weighted by Gasteiger charge is 2.32. The first-order chi connectivity index (χ1) is 29.6. The molecule has 65 heavy (non-hydrogen) atoms. The summed E-state index contributed by atoms with van der Waals surface area (Å²) in [7, 11) is 0. The summed E-state index contributed by atoms with van der Waals surface area (Å²) >= 11 is 0. The van der Waals surface area contributed by atoms with E-state index in [0.717, 1.165) is 77.7 Å². The third kappa shape index (κ3) is 25.2. The first-order valence-electron chi connectivity index (χ1n) is 26.0. The average Bonchev–Trinajstić information content (AvgIpc) is 3.96. The summed E-state index contributed by atoms with van der Waals surface area (Å²) in [6, 6.07) is 0. The zero-order valence-electron chi connectivity index (χ0n) is 47.3. The molecule has 7 rings (SSSR count). The van der Waals surface area contributed by atoms with E-state index < -0.39 is 0 Å². The lowest BCUT2D eigenvalue weighted by Gasteiger charge is -2.38. The van der Waals surface area contributed by atoms with Crippen LogP contribution in [-0.4, -0.2) is 139 Å². The van der Waals surface area contributed by atoms with Crippen molar-refractivity contribution in [2.75, 3.05) is 85.5 Å². The highest BCUT2D eigenvalue weighted by atomic mass is 16.5. The molecule has 7 fully saturated rings. The molecule has 0 radical (unpaired) electrons. The number of rotatable bonds is 0. The molecule has 386 valence electrons. The maximum Gasteiger partial charge on any atom is 0.182 e. The molecule has 9 nitrogen and oxygen atoms in total. The monoisotopic (exact) mass is 921 g/mol. The summed E-state index contributed by atoms with van der Waals surface area (Å²) in [5.41, 5.74) is 3.68. The van der Waals surface area contributed by atoms with E-state index in [1.807, 2.05) is 0 Å². The molecular formula is C56H112N4O5. The Hall–Kier alpha value is -1.36. The molecule has 0 aromatic heterocycles. The normalized spacial score (nSPS) is 24.5. The third-order valence-corrected chi connectivity index (χ3v) is 13.5. The van der Waals surface area contributed by atoms with E-state index in [4.69, 9.17) is 23.7 Å². The van der Waals surface area contributed by atoms with Gasteiger partial charge in [-0.05, 0) is 176 Å². The van der Waals surface area contributed by atoms with E-state index in [-0.39, 0.29) is 11.1 Å². The van der Waals surface area contributed by atoms with Gasteiger partial charge < -0.3 is 33.5 Å². The first-order valence-corrected chi connectivity index (χ1v) is 26.0. The quantitative estimate of drug-likeness (QED) is 0.236. The number of hydrogen-bond acceptors (Lipinski definition) is 9. The van der Waals surface area contributed by atoms with Crippen LogP contribution < -0.4 is 0 Å². The lowest BCUT2D eigenvalue weighted by molar-refractivity contribution is -0.109. The summed E-state index contributed by atoms with van der Waals surface area (Å²) in [4.78, 5) is 9.57. The van der Waals surface area contributed by atoms with Gasteiger partial charge in [-0.25, -0.2) is 0 Å². The summed E-state index contributed by atoms with van der Waals surface area (Å²) in [5, 5.41) is 0. The SMILES string of the molecule is C=C1CCCN1C(C)(C)C.C=C1OCCN1C(C)(C)C.CC(C)(C)C1CCO1.CC(C)(C)N1CCCC1.CC(C)(C)N1CCOCC1.CC(C)(C)[C@@H]1CCCO1.CC(C)(C)[C@@H]1CCOC1. The van der Waals surface area contributed by atoms with Crippen LogP contribution in [0.1, 0.15) is 197 Å². The maximum atomic E-state index is 5.52. The molecule has 1 unspecified atom stereocenters. The Morgan fingerprint density at radius 3 is 1.09 bits per heavy atom. The molecule has 7 aliphatic heterocycles. The number of allylic oxidation sites excluding steroid dienone is 1. The van der Waals surface area contributed by atoms with Gasteiger partial charge in [0.05, 0.1) is 32.0 Å². The predicted molar refractivity (Wildman–Crippen MR) is 280 cm³/mol. The number of likely N-dealkylation sites (tertiary alicyclic amines) is 2. The zero-order valence-corrected chi connectivity index (χ0v) is 47.3. The molecule has 7 heterocycles. The molecule has 0 bridgehead atoms. The molecule has 3 atom stereocenters. The molecule has 0 aliphatic carbocycles. The smallest absolute Gasteiger partial charge is 0.182 e. The molecular weight excluding hydrogens is 809 g/mol. The molecule has 9 heteroatoms. The van der Waals surface area contributed by atoms with Gasteiger partial charge in [0.25, 0.3) is 0 Å². The van der Waals surface area contributed by atoms with Gasteiger partial charge >= 0.3 is 0 Å². The van der Waals surface area contributed by atoms with Gasteiger partial charge in [0.15, 0.2) is 5.88 Å². The molecule has 0 saturated carbocycles. The third-order valence-electron chi connectivity index (χ3n) is 13.5. The fourth-order valence-corrected chi connectivity index (χ4v) is 8.73. The number of morpholine rings is 1. The van der Waals surface area contributed by atoms with E-state index in [0.29, 0.717) is 39.5 Å². The van der Waals surface area contributed by atoms with E-state index >= 15 is 0 Å². The van der Waals surface area contributed by atoms with Gasteiger partial charge in [-0.15, -0.1) is 0 Å². The molecule has 7 aliphatic rings. The highest BCUT2D eigenvalue weighted by Crippen LogP contribution is 2.33. The van der Waals surface area contributed by atoms with Crippen molar-refractivity contribution in [3.8, 4) is 0 Å². The maximum absolute atomic E-state index is 5.52. The minimum absolute atomic E-state index is 0.160. The Labute approximate surface area is 405 Å². The van der Waals surface area contributed by atoms with Gasteiger partial charge in [0.2, 0.25) is 0 Å². The molecule has 0 N–H and O–H groups in total. The summed E-state index contributed by atoms with van der Waals surface area (Å²) in [6.07, 6.45) is 11.3.